The van der Waals surface area contributed by atoms with E-state index < -0.39 is 5.91 Å². The van der Waals surface area contributed by atoms with Crippen LogP contribution in [0.25, 0.3) is 0 Å². The minimum atomic E-state index is -0.589. The zero-order valence-corrected chi connectivity index (χ0v) is 10.5. The second-order valence-electron chi connectivity index (χ2n) is 4.25. The molecule has 0 radical (unpaired) electrons. The summed E-state index contributed by atoms with van der Waals surface area (Å²) in [6.07, 6.45) is 0. The van der Waals surface area contributed by atoms with E-state index in [1.165, 1.54) is 6.07 Å². The average molecular weight is 250 g/mol. The lowest BCUT2D eigenvalue weighted by atomic mass is 10.1. The highest BCUT2D eigenvalue weighted by Gasteiger charge is 2.10. The van der Waals surface area contributed by atoms with E-state index in [-0.39, 0.29) is 24.1 Å². The standard InChI is InChI=1S/C12H18N4O2/c1-7(2)16-11(17)6-15-10-4-3-8(13)5-9(10)12(14)18/h3-5,7,15H,6,13H2,1-2H3,(H2,14,18)(H,16,17). The molecule has 0 spiro atoms. The summed E-state index contributed by atoms with van der Waals surface area (Å²) >= 11 is 0. The number of rotatable bonds is 5. The Morgan fingerprint density at radius 2 is 2.00 bits per heavy atom. The molecule has 98 valence electrons. The quantitative estimate of drug-likeness (QED) is 0.563. The third-order valence-electron chi connectivity index (χ3n) is 2.20. The lowest BCUT2D eigenvalue weighted by Gasteiger charge is -2.12. The highest BCUT2D eigenvalue weighted by atomic mass is 16.2. The molecule has 6 heteroatoms. The number of nitrogens with one attached hydrogen (secondary N) is 2. The van der Waals surface area contributed by atoms with Gasteiger partial charge in [0, 0.05) is 17.4 Å². The molecular formula is C12H18N4O2. The first kappa shape index (κ1) is 13.8. The minimum absolute atomic E-state index is 0.0707. The maximum Gasteiger partial charge on any atom is 0.250 e. The van der Waals surface area contributed by atoms with Crippen molar-refractivity contribution in [1.82, 2.24) is 5.32 Å². The zero-order chi connectivity index (χ0) is 13.7. The van der Waals surface area contributed by atoms with E-state index >= 15 is 0 Å². The number of amides is 2. The molecule has 0 saturated carbocycles. The van der Waals surface area contributed by atoms with E-state index in [2.05, 4.69) is 10.6 Å². The molecule has 1 aromatic carbocycles. The Balaban J connectivity index is 2.73. The van der Waals surface area contributed by atoms with Crippen LogP contribution in [0.2, 0.25) is 0 Å². The van der Waals surface area contributed by atoms with E-state index in [0.29, 0.717) is 11.4 Å². The summed E-state index contributed by atoms with van der Waals surface area (Å²) in [5.41, 5.74) is 12.0. The molecule has 6 N–H and O–H groups in total. The number of nitrogen functional groups attached to an aromatic ring is 1. The van der Waals surface area contributed by atoms with Gasteiger partial charge in [0.15, 0.2) is 0 Å². The summed E-state index contributed by atoms with van der Waals surface area (Å²) in [4.78, 5) is 22.7. The van der Waals surface area contributed by atoms with Gasteiger partial charge in [0.2, 0.25) is 5.91 Å². The van der Waals surface area contributed by atoms with Gasteiger partial charge in [-0.1, -0.05) is 0 Å². The van der Waals surface area contributed by atoms with Crippen LogP contribution in [0.3, 0.4) is 0 Å². The van der Waals surface area contributed by atoms with Crippen molar-refractivity contribution in [3.63, 3.8) is 0 Å². The molecule has 0 aliphatic carbocycles. The van der Waals surface area contributed by atoms with E-state index in [4.69, 9.17) is 11.5 Å². The maximum atomic E-state index is 11.5. The fourth-order valence-electron chi connectivity index (χ4n) is 1.47. The summed E-state index contributed by atoms with van der Waals surface area (Å²) in [6.45, 7) is 3.81. The van der Waals surface area contributed by atoms with Gasteiger partial charge in [-0.3, -0.25) is 9.59 Å². The number of primary amides is 1. The number of carbonyl (C=O) groups is 2. The van der Waals surface area contributed by atoms with Crippen LogP contribution in [0, 0.1) is 0 Å². The fraction of sp³-hybridized carbons (Fsp3) is 0.333. The monoisotopic (exact) mass is 250 g/mol. The third-order valence-corrected chi connectivity index (χ3v) is 2.20. The van der Waals surface area contributed by atoms with E-state index in [9.17, 15) is 9.59 Å². The van der Waals surface area contributed by atoms with Gasteiger partial charge in [0.25, 0.3) is 5.91 Å². The van der Waals surface area contributed by atoms with Gasteiger partial charge in [-0.15, -0.1) is 0 Å². The highest BCUT2D eigenvalue weighted by Crippen LogP contribution is 2.18. The first-order valence-electron chi connectivity index (χ1n) is 5.62. The van der Waals surface area contributed by atoms with Crippen LogP contribution in [0.15, 0.2) is 18.2 Å². The van der Waals surface area contributed by atoms with Crippen molar-refractivity contribution in [1.29, 1.82) is 0 Å². The van der Waals surface area contributed by atoms with Gasteiger partial charge >= 0.3 is 0 Å². The van der Waals surface area contributed by atoms with E-state index in [1.54, 1.807) is 12.1 Å². The molecule has 0 fully saturated rings. The molecule has 2 amide bonds. The van der Waals surface area contributed by atoms with Crippen molar-refractivity contribution < 1.29 is 9.59 Å². The van der Waals surface area contributed by atoms with Gasteiger partial charge < -0.3 is 22.1 Å². The number of hydrogen-bond donors (Lipinski definition) is 4. The SMILES string of the molecule is CC(C)NC(=O)CNc1ccc(N)cc1C(N)=O. The predicted molar refractivity (Wildman–Crippen MR) is 71.1 cm³/mol. The van der Waals surface area contributed by atoms with Crippen molar-refractivity contribution >= 4 is 23.2 Å². The maximum absolute atomic E-state index is 11.5. The Hall–Kier alpha value is -2.24. The van der Waals surface area contributed by atoms with Crippen LogP contribution in [-0.2, 0) is 4.79 Å². The van der Waals surface area contributed by atoms with E-state index in [0.717, 1.165) is 0 Å². The number of carbonyl (C=O) groups excluding carboxylic acids is 2. The Kier molecular flexibility index (Phi) is 4.53. The highest BCUT2D eigenvalue weighted by molar-refractivity contribution is 5.99. The lowest BCUT2D eigenvalue weighted by molar-refractivity contribution is -0.119. The summed E-state index contributed by atoms with van der Waals surface area (Å²) < 4.78 is 0. The first-order chi connectivity index (χ1) is 8.40. The topological polar surface area (TPSA) is 110 Å². The molecule has 0 aromatic heterocycles. The van der Waals surface area contributed by atoms with Gasteiger partial charge in [0.1, 0.15) is 0 Å². The van der Waals surface area contributed by atoms with Gasteiger partial charge in [0.05, 0.1) is 12.1 Å². The molecule has 0 unspecified atom stereocenters. The molecule has 0 bridgehead atoms. The van der Waals surface area contributed by atoms with Crippen molar-refractivity contribution in [2.75, 3.05) is 17.6 Å². The largest absolute Gasteiger partial charge is 0.399 e. The third kappa shape index (κ3) is 3.97. The molecule has 1 aromatic rings. The molecule has 0 atom stereocenters. The first-order valence-corrected chi connectivity index (χ1v) is 5.62. The predicted octanol–water partition coefficient (Wildman–Crippen LogP) is 0.304. The van der Waals surface area contributed by atoms with Crippen LogP contribution in [0.1, 0.15) is 24.2 Å². The molecule has 0 aliphatic rings. The second kappa shape index (κ2) is 5.90. The van der Waals surface area contributed by atoms with Gasteiger partial charge in [-0.05, 0) is 32.0 Å². The summed E-state index contributed by atoms with van der Waals surface area (Å²) in [6, 6.07) is 4.81. The number of anilines is 2. The Labute approximate surface area is 106 Å². The summed E-state index contributed by atoms with van der Waals surface area (Å²) in [7, 11) is 0. The van der Waals surface area contributed by atoms with Crippen molar-refractivity contribution in [3.8, 4) is 0 Å². The molecule has 1 rings (SSSR count). The van der Waals surface area contributed by atoms with Crippen LogP contribution < -0.4 is 22.1 Å². The molecule has 0 saturated heterocycles. The van der Waals surface area contributed by atoms with Gasteiger partial charge in [-0.25, -0.2) is 0 Å². The smallest absolute Gasteiger partial charge is 0.250 e. The van der Waals surface area contributed by atoms with E-state index in [1.807, 2.05) is 13.8 Å². The van der Waals surface area contributed by atoms with Crippen LogP contribution >= 0.6 is 0 Å². The number of hydrogen-bond acceptors (Lipinski definition) is 4. The van der Waals surface area contributed by atoms with Crippen LogP contribution in [0.4, 0.5) is 11.4 Å². The molecule has 18 heavy (non-hydrogen) atoms. The molecular weight excluding hydrogens is 232 g/mol. The zero-order valence-electron chi connectivity index (χ0n) is 10.5. The van der Waals surface area contributed by atoms with Crippen molar-refractivity contribution in [2.45, 2.75) is 19.9 Å². The summed E-state index contributed by atoms with van der Waals surface area (Å²) in [5.74, 6) is -0.744. The van der Waals surface area contributed by atoms with Crippen LogP contribution in [-0.4, -0.2) is 24.4 Å². The molecule has 0 aliphatic heterocycles. The number of nitrogens with two attached hydrogens (primary N) is 2. The molecule has 0 heterocycles. The van der Waals surface area contributed by atoms with Gasteiger partial charge in [-0.2, -0.15) is 0 Å². The Morgan fingerprint density at radius 3 is 2.56 bits per heavy atom. The van der Waals surface area contributed by atoms with Crippen LogP contribution in [0.5, 0.6) is 0 Å². The second-order valence-corrected chi connectivity index (χ2v) is 4.25. The average Bonchev–Trinajstić information content (AvgIpc) is 2.26. The minimum Gasteiger partial charge on any atom is -0.399 e. The van der Waals surface area contributed by atoms with Crippen molar-refractivity contribution in [2.24, 2.45) is 5.73 Å². The number of benzene rings is 1. The fourth-order valence-corrected chi connectivity index (χ4v) is 1.47. The summed E-state index contributed by atoms with van der Waals surface area (Å²) in [5, 5.41) is 5.59. The van der Waals surface area contributed by atoms with Crippen molar-refractivity contribution in [3.05, 3.63) is 23.8 Å². The normalized spacial score (nSPS) is 10.2. The lowest BCUT2D eigenvalue weighted by Crippen LogP contribution is -2.35. The Morgan fingerprint density at radius 1 is 1.33 bits per heavy atom. The Bertz CT molecular complexity index is 457. The molecule has 6 nitrogen and oxygen atoms in total.